The highest BCUT2D eigenvalue weighted by Gasteiger charge is 2.20. The van der Waals surface area contributed by atoms with Gasteiger partial charge in [0, 0.05) is 11.9 Å². The molecule has 1 unspecified atom stereocenters. The van der Waals surface area contributed by atoms with Crippen molar-refractivity contribution in [2.45, 2.75) is 38.1 Å². The number of nitrogens with one attached hydrogen (secondary N) is 2. The Morgan fingerprint density at radius 1 is 1.28 bits per heavy atom. The molecular formula is C19H23N5O4S. The van der Waals surface area contributed by atoms with Crippen LogP contribution < -0.4 is 16.4 Å². The number of anilines is 2. The van der Waals surface area contributed by atoms with Crippen LogP contribution in [0.4, 0.5) is 16.3 Å². The molecule has 3 amide bonds. The van der Waals surface area contributed by atoms with Crippen LogP contribution in [0.3, 0.4) is 0 Å². The van der Waals surface area contributed by atoms with Gasteiger partial charge in [-0.25, -0.2) is 19.6 Å². The summed E-state index contributed by atoms with van der Waals surface area (Å²) in [5.74, 6) is -1.18. The zero-order valence-electron chi connectivity index (χ0n) is 16.6. The lowest BCUT2D eigenvalue weighted by Crippen LogP contribution is -2.39. The molecule has 0 radical (unpaired) electrons. The van der Waals surface area contributed by atoms with E-state index in [1.165, 1.54) is 6.20 Å². The summed E-state index contributed by atoms with van der Waals surface area (Å²) in [6, 6.07) is 4.93. The molecule has 0 aliphatic carbocycles. The number of rotatable bonds is 6. The number of amides is 3. The van der Waals surface area contributed by atoms with Gasteiger partial charge in [-0.05, 0) is 39.3 Å². The highest BCUT2D eigenvalue weighted by Crippen LogP contribution is 2.22. The van der Waals surface area contributed by atoms with Crippen molar-refractivity contribution in [3.05, 3.63) is 41.1 Å². The maximum absolute atomic E-state index is 12.3. The molecule has 4 N–H and O–H groups in total. The average molecular weight is 417 g/mol. The summed E-state index contributed by atoms with van der Waals surface area (Å²) in [5.41, 5.74) is 8.40. The second-order valence-corrected chi connectivity index (χ2v) is 7.50. The summed E-state index contributed by atoms with van der Waals surface area (Å²) < 4.78 is 4.86. The standard InChI is InChI=1S/C19H23N5O4S/c1-5-28-17(26)13-9-21-19(23-15(13)20)29-12(4)16(25)24-18(27)22-14-7-6-10(2)8-11(14)3/h6-9,12H,5H2,1-4H3,(H2,20,21,23)(H2,22,24,25,27). The molecular weight excluding hydrogens is 394 g/mol. The van der Waals surface area contributed by atoms with Crippen LogP contribution in [0.25, 0.3) is 0 Å². The molecule has 2 rings (SSSR count). The molecule has 0 saturated heterocycles. The lowest BCUT2D eigenvalue weighted by Gasteiger charge is -2.13. The molecule has 10 heteroatoms. The summed E-state index contributed by atoms with van der Waals surface area (Å²) >= 11 is 1.01. The third-order valence-corrected chi connectivity index (χ3v) is 4.78. The monoisotopic (exact) mass is 417 g/mol. The van der Waals surface area contributed by atoms with E-state index in [9.17, 15) is 14.4 Å². The molecule has 29 heavy (non-hydrogen) atoms. The van der Waals surface area contributed by atoms with Crippen molar-refractivity contribution >= 4 is 41.2 Å². The van der Waals surface area contributed by atoms with Crippen LogP contribution in [-0.4, -0.2) is 39.7 Å². The molecule has 0 fully saturated rings. The molecule has 154 valence electrons. The number of carbonyl (C=O) groups is 3. The van der Waals surface area contributed by atoms with Gasteiger partial charge in [0.15, 0.2) is 5.16 Å². The fraction of sp³-hybridized carbons (Fsp3) is 0.316. The molecule has 1 atom stereocenters. The Balaban J connectivity index is 1.95. The summed E-state index contributed by atoms with van der Waals surface area (Å²) in [6.07, 6.45) is 1.25. The molecule has 0 aliphatic rings. The Labute approximate surface area is 172 Å². The van der Waals surface area contributed by atoms with Gasteiger partial charge in [0.05, 0.1) is 11.9 Å². The van der Waals surface area contributed by atoms with Crippen molar-refractivity contribution in [1.29, 1.82) is 0 Å². The average Bonchev–Trinajstić information content (AvgIpc) is 2.64. The third-order valence-electron chi connectivity index (χ3n) is 3.81. The number of aromatic nitrogens is 2. The minimum atomic E-state index is -0.673. The minimum absolute atomic E-state index is 0.0406. The quantitative estimate of drug-likeness (QED) is 0.371. The summed E-state index contributed by atoms with van der Waals surface area (Å²) in [7, 11) is 0. The fourth-order valence-electron chi connectivity index (χ4n) is 2.33. The van der Waals surface area contributed by atoms with Gasteiger partial charge >= 0.3 is 12.0 Å². The van der Waals surface area contributed by atoms with E-state index < -0.39 is 23.2 Å². The smallest absolute Gasteiger partial charge is 0.343 e. The summed E-state index contributed by atoms with van der Waals surface area (Å²) in [4.78, 5) is 44.1. The first-order valence-corrected chi connectivity index (χ1v) is 9.74. The Hall–Kier alpha value is -3.14. The van der Waals surface area contributed by atoms with Crippen LogP contribution in [-0.2, 0) is 9.53 Å². The second kappa shape index (κ2) is 9.87. The molecule has 0 bridgehead atoms. The van der Waals surface area contributed by atoms with Crippen LogP contribution in [0, 0.1) is 13.8 Å². The van der Waals surface area contributed by atoms with Crippen molar-refractivity contribution in [2.24, 2.45) is 0 Å². The summed E-state index contributed by atoms with van der Waals surface area (Å²) in [5, 5.41) is 4.45. The predicted molar refractivity (Wildman–Crippen MR) is 111 cm³/mol. The molecule has 0 aliphatic heterocycles. The number of hydrogen-bond donors (Lipinski definition) is 3. The number of carbonyl (C=O) groups excluding carboxylic acids is 3. The van der Waals surface area contributed by atoms with E-state index in [4.69, 9.17) is 10.5 Å². The van der Waals surface area contributed by atoms with Gasteiger partial charge in [0.1, 0.15) is 11.4 Å². The zero-order chi connectivity index (χ0) is 21.6. The maximum atomic E-state index is 12.3. The molecule has 1 aromatic carbocycles. The SMILES string of the molecule is CCOC(=O)c1cnc(SC(C)C(=O)NC(=O)Nc2ccc(C)cc2C)nc1N. The van der Waals surface area contributed by atoms with E-state index in [2.05, 4.69) is 20.6 Å². The van der Waals surface area contributed by atoms with Crippen molar-refractivity contribution in [2.75, 3.05) is 17.7 Å². The van der Waals surface area contributed by atoms with E-state index in [-0.39, 0.29) is 23.1 Å². The Morgan fingerprint density at radius 2 is 2.00 bits per heavy atom. The second-order valence-electron chi connectivity index (χ2n) is 6.19. The number of thioether (sulfide) groups is 1. The Bertz CT molecular complexity index is 935. The van der Waals surface area contributed by atoms with Crippen molar-refractivity contribution in [3.8, 4) is 0 Å². The van der Waals surface area contributed by atoms with E-state index >= 15 is 0 Å². The van der Waals surface area contributed by atoms with E-state index in [0.717, 1.165) is 22.9 Å². The van der Waals surface area contributed by atoms with Crippen molar-refractivity contribution in [1.82, 2.24) is 15.3 Å². The summed E-state index contributed by atoms with van der Waals surface area (Å²) in [6.45, 7) is 7.30. The molecule has 0 spiro atoms. The molecule has 1 heterocycles. The zero-order valence-corrected chi connectivity index (χ0v) is 17.4. The van der Waals surface area contributed by atoms with Gasteiger partial charge in [-0.2, -0.15) is 0 Å². The molecule has 2 aromatic rings. The van der Waals surface area contributed by atoms with Crippen LogP contribution in [0.1, 0.15) is 35.3 Å². The van der Waals surface area contributed by atoms with Gasteiger partial charge in [0.25, 0.3) is 0 Å². The first kappa shape index (κ1) is 22.2. The number of benzene rings is 1. The van der Waals surface area contributed by atoms with E-state index in [1.54, 1.807) is 19.9 Å². The van der Waals surface area contributed by atoms with E-state index in [0.29, 0.717) is 5.69 Å². The number of hydrogen-bond acceptors (Lipinski definition) is 8. The van der Waals surface area contributed by atoms with E-state index in [1.807, 2.05) is 26.0 Å². The number of ether oxygens (including phenoxy) is 1. The van der Waals surface area contributed by atoms with Crippen molar-refractivity contribution in [3.63, 3.8) is 0 Å². The van der Waals surface area contributed by atoms with Gasteiger partial charge in [-0.1, -0.05) is 29.5 Å². The van der Waals surface area contributed by atoms with Gasteiger partial charge in [-0.15, -0.1) is 0 Å². The first-order valence-electron chi connectivity index (χ1n) is 8.86. The van der Waals surface area contributed by atoms with Crippen LogP contribution >= 0.6 is 11.8 Å². The van der Waals surface area contributed by atoms with Gasteiger partial charge < -0.3 is 15.8 Å². The number of urea groups is 1. The Morgan fingerprint density at radius 3 is 2.62 bits per heavy atom. The lowest BCUT2D eigenvalue weighted by atomic mass is 10.1. The largest absolute Gasteiger partial charge is 0.462 e. The van der Waals surface area contributed by atoms with Crippen LogP contribution in [0.5, 0.6) is 0 Å². The highest BCUT2D eigenvalue weighted by atomic mass is 32.2. The normalized spacial score (nSPS) is 11.4. The third kappa shape index (κ3) is 6.18. The maximum Gasteiger partial charge on any atom is 0.343 e. The lowest BCUT2D eigenvalue weighted by molar-refractivity contribution is -0.119. The molecule has 9 nitrogen and oxygen atoms in total. The molecule has 0 saturated carbocycles. The van der Waals surface area contributed by atoms with Gasteiger partial charge in [0.2, 0.25) is 5.91 Å². The van der Waals surface area contributed by atoms with Crippen molar-refractivity contribution < 1.29 is 19.1 Å². The minimum Gasteiger partial charge on any atom is -0.462 e. The number of nitrogen functional groups attached to an aromatic ring is 1. The molecule has 1 aromatic heterocycles. The number of imide groups is 1. The number of nitrogens with zero attached hydrogens (tertiary/aromatic N) is 2. The van der Waals surface area contributed by atoms with Gasteiger partial charge in [-0.3, -0.25) is 10.1 Å². The topological polar surface area (TPSA) is 136 Å². The number of aryl methyl sites for hydroxylation is 2. The number of esters is 1. The highest BCUT2D eigenvalue weighted by molar-refractivity contribution is 8.00. The number of nitrogens with two attached hydrogens (primary N) is 1. The first-order chi connectivity index (χ1) is 13.7. The van der Waals surface area contributed by atoms with Crippen LogP contribution in [0.2, 0.25) is 0 Å². The predicted octanol–water partition coefficient (Wildman–Crippen LogP) is 2.68. The Kier molecular flexibility index (Phi) is 7.54. The van der Waals surface area contributed by atoms with Crippen LogP contribution in [0.15, 0.2) is 29.6 Å². The fourth-order valence-corrected chi connectivity index (χ4v) is 3.08.